The monoisotopic (exact) mass is 340 g/mol. The number of rotatable bonds is 4. The lowest BCUT2D eigenvalue weighted by Crippen LogP contribution is -2.44. The number of nitrogens with zero attached hydrogens (tertiary/aromatic N) is 1. The smallest absolute Gasteiger partial charge is 0.256 e. The maximum atomic E-state index is 13.9. The van der Waals surface area contributed by atoms with Crippen LogP contribution in [-0.2, 0) is 4.79 Å². The van der Waals surface area contributed by atoms with Gasteiger partial charge in [-0.1, -0.05) is 25.4 Å². The van der Waals surface area contributed by atoms with Crippen LogP contribution in [0.4, 0.5) is 4.39 Å². The lowest BCUT2D eigenvalue weighted by molar-refractivity contribution is -0.124. The summed E-state index contributed by atoms with van der Waals surface area (Å²) in [5.74, 6) is -0.761. The summed E-state index contributed by atoms with van der Waals surface area (Å²) >= 11 is 5.86. The van der Waals surface area contributed by atoms with Crippen LogP contribution in [0, 0.1) is 17.7 Å². The zero-order valence-corrected chi connectivity index (χ0v) is 14.2. The molecular formula is C17H22ClFN2O2. The molecule has 0 aromatic heterocycles. The van der Waals surface area contributed by atoms with Gasteiger partial charge in [0.05, 0.1) is 5.56 Å². The molecule has 1 aliphatic rings. The number of carbonyl (C=O) groups excluding carboxylic acids is 2. The predicted molar refractivity (Wildman–Crippen MR) is 87.9 cm³/mol. The lowest BCUT2D eigenvalue weighted by atomic mass is 9.97. The van der Waals surface area contributed by atoms with Gasteiger partial charge in [0, 0.05) is 30.6 Å². The first kappa shape index (κ1) is 17.7. The van der Waals surface area contributed by atoms with Crippen molar-refractivity contribution >= 4 is 23.4 Å². The number of amides is 2. The zero-order valence-electron chi connectivity index (χ0n) is 13.4. The number of likely N-dealkylation sites (tertiary alicyclic amines) is 1. The van der Waals surface area contributed by atoms with Crippen molar-refractivity contribution in [3.8, 4) is 0 Å². The van der Waals surface area contributed by atoms with E-state index in [9.17, 15) is 14.0 Å². The molecule has 0 radical (unpaired) electrons. The van der Waals surface area contributed by atoms with Crippen molar-refractivity contribution in [1.29, 1.82) is 0 Å². The molecule has 1 saturated heterocycles. The zero-order chi connectivity index (χ0) is 17.0. The molecule has 126 valence electrons. The normalized spacial score (nSPS) is 18.1. The molecule has 1 atom stereocenters. The largest absolute Gasteiger partial charge is 0.356 e. The molecule has 6 heteroatoms. The van der Waals surface area contributed by atoms with E-state index in [4.69, 9.17) is 11.6 Å². The van der Waals surface area contributed by atoms with Crippen LogP contribution < -0.4 is 5.32 Å². The molecule has 1 aromatic rings. The lowest BCUT2D eigenvalue weighted by Gasteiger charge is -2.33. The molecule has 0 spiro atoms. The highest BCUT2D eigenvalue weighted by molar-refractivity contribution is 6.31. The molecule has 23 heavy (non-hydrogen) atoms. The molecule has 1 aromatic carbocycles. The van der Waals surface area contributed by atoms with Gasteiger partial charge in [-0.25, -0.2) is 4.39 Å². The molecule has 1 heterocycles. The van der Waals surface area contributed by atoms with Crippen molar-refractivity contribution in [2.45, 2.75) is 26.7 Å². The first-order valence-electron chi connectivity index (χ1n) is 7.90. The molecule has 0 bridgehead atoms. The van der Waals surface area contributed by atoms with Crippen molar-refractivity contribution in [3.05, 3.63) is 34.6 Å². The Morgan fingerprint density at radius 3 is 2.87 bits per heavy atom. The van der Waals surface area contributed by atoms with Crippen molar-refractivity contribution < 1.29 is 14.0 Å². The molecule has 0 aliphatic carbocycles. The van der Waals surface area contributed by atoms with Crippen LogP contribution in [0.1, 0.15) is 37.0 Å². The first-order chi connectivity index (χ1) is 10.9. The van der Waals surface area contributed by atoms with E-state index in [1.54, 1.807) is 4.90 Å². The Hall–Kier alpha value is -1.62. The van der Waals surface area contributed by atoms with Crippen LogP contribution in [-0.4, -0.2) is 36.3 Å². The van der Waals surface area contributed by atoms with E-state index < -0.39 is 5.82 Å². The third-order valence-corrected chi connectivity index (χ3v) is 4.29. The van der Waals surface area contributed by atoms with Crippen molar-refractivity contribution in [2.75, 3.05) is 19.6 Å². The van der Waals surface area contributed by atoms with Gasteiger partial charge in [-0.15, -0.1) is 0 Å². The summed E-state index contributed by atoms with van der Waals surface area (Å²) in [6, 6.07) is 4.00. The van der Waals surface area contributed by atoms with Gasteiger partial charge in [0.1, 0.15) is 5.82 Å². The van der Waals surface area contributed by atoms with Crippen LogP contribution in [0.3, 0.4) is 0 Å². The van der Waals surface area contributed by atoms with Gasteiger partial charge in [0.15, 0.2) is 0 Å². The summed E-state index contributed by atoms with van der Waals surface area (Å²) in [7, 11) is 0. The molecule has 1 N–H and O–H groups in total. The van der Waals surface area contributed by atoms with Crippen LogP contribution in [0.25, 0.3) is 0 Å². The van der Waals surface area contributed by atoms with E-state index in [-0.39, 0.29) is 29.2 Å². The van der Waals surface area contributed by atoms with E-state index in [1.165, 1.54) is 18.2 Å². The summed E-state index contributed by atoms with van der Waals surface area (Å²) in [6.07, 6.45) is 1.79. The molecule has 4 nitrogen and oxygen atoms in total. The van der Waals surface area contributed by atoms with Gasteiger partial charge >= 0.3 is 0 Å². The van der Waals surface area contributed by atoms with E-state index in [2.05, 4.69) is 5.32 Å². The van der Waals surface area contributed by atoms with E-state index in [0.717, 1.165) is 12.8 Å². The van der Waals surface area contributed by atoms with Crippen LogP contribution in [0.15, 0.2) is 18.2 Å². The van der Waals surface area contributed by atoms with Crippen molar-refractivity contribution in [1.82, 2.24) is 10.2 Å². The van der Waals surface area contributed by atoms with Gasteiger partial charge in [-0.05, 0) is 37.0 Å². The number of hydrogen-bond donors (Lipinski definition) is 1. The highest BCUT2D eigenvalue weighted by Gasteiger charge is 2.26. The van der Waals surface area contributed by atoms with Crippen LogP contribution >= 0.6 is 11.6 Å². The quantitative estimate of drug-likeness (QED) is 0.915. The molecule has 1 fully saturated rings. The predicted octanol–water partition coefficient (Wildman–Crippen LogP) is 3.10. The Bertz CT molecular complexity index is 592. The number of benzene rings is 1. The average molecular weight is 341 g/mol. The van der Waals surface area contributed by atoms with Crippen molar-refractivity contribution in [2.24, 2.45) is 11.8 Å². The van der Waals surface area contributed by atoms with Gasteiger partial charge in [0.2, 0.25) is 5.91 Å². The molecular weight excluding hydrogens is 319 g/mol. The first-order valence-corrected chi connectivity index (χ1v) is 8.28. The van der Waals surface area contributed by atoms with Gasteiger partial charge in [0.25, 0.3) is 5.91 Å². The van der Waals surface area contributed by atoms with E-state index >= 15 is 0 Å². The SMILES string of the molecule is CC(C)C(=O)NC[C@@H]1CCCN(C(=O)c2cc(Cl)ccc2F)C1. The minimum absolute atomic E-state index is 0.00404. The summed E-state index contributed by atoms with van der Waals surface area (Å²) in [5, 5.41) is 3.24. The van der Waals surface area contributed by atoms with Gasteiger partial charge in [-0.3, -0.25) is 9.59 Å². The second-order valence-electron chi connectivity index (χ2n) is 6.28. The van der Waals surface area contributed by atoms with Gasteiger partial charge < -0.3 is 10.2 Å². The number of hydrogen-bond acceptors (Lipinski definition) is 2. The molecule has 0 saturated carbocycles. The number of halogens is 2. The molecule has 2 rings (SSSR count). The highest BCUT2D eigenvalue weighted by atomic mass is 35.5. The van der Waals surface area contributed by atoms with Crippen LogP contribution in [0.5, 0.6) is 0 Å². The fourth-order valence-corrected chi connectivity index (χ4v) is 2.87. The Morgan fingerprint density at radius 1 is 1.43 bits per heavy atom. The van der Waals surface area contributed by atoms with Crippen LogP contribution in [0.2, 0.25) is 5.02 Å². The second kappa shape index (κ2) is 7.77. The van der Waals surface area contributed by atoms with E-state index in [0.29, 0.717) is 24.7 Å². The Morgan fingerprint density at radius 2 is 2.17 bits per heavy atom. The van der Waals surface area contributed by atoms with E-state index in [1.807, 2.05) is 13.8 Å². The second-order valence-corrected chi connectivity index (χ2v) is 6.72. The fraction of sp³-hybridized carbons (Fsp3) is 0.529. The molecule has 1 aliphatic heterocycles. The summed E-state index contributed by atoms with van der Waals surface area (Å²) in [6.45, 7) is 5.34. The molecule has 0 unspecified atom stereocenters. The standard InChI is InChI=1S/C17H22ClFN2O2/c1-11(2)16(22)20-9-12-4-3-7-21(10-12)17(23)14-8-13(18)5-6-15(14)19/h5-6,8,11-12H,3-4,7,9-10H2,1-2H3,(H,20,22)/t12-/m0/s1. The maximum Gasteiger partial charge on any atom is 0.256 e. The van der Waals surface area contributed by atoms with Crippen molar-refractivity contribution in [3.63, 3.8) is 0 Å². The summed E-state index contributed by atoms with van der Waals surface area (Å²) in [4.78, 5) is 25.8. The molecule has 2 amide bonds. The highest BCUT2D eigenvalue weighted by Crippen LogP contribution is 2.21. The number of nitrogens with one attached hydrogen (secondary N) is 1. The minimum Gasteiger partial charge on any atom is -0.356 e. The maximum absolute atomic E-state index is 13.9. The fourth-order valence-electron chi connectivity index (χ4n) is 2.70. The summed E-state index contributed by atoms with van der Waals surface area (Å²) in [5.41, 5.74) is 0.00404. The third kappa shape index (κ3) is 4.67. The third-order valence-electron chi connectivity index (χ3n) is 4.05. The Kier molecular flexibility index (Phi) is 5.99. The Balaban J connectivity index is 1.99. The number of carbonyl (C=O) groups is 2. The Labute approximate surface area is 141 Å². The minimum atomic E-state index is -0.561. The number of piperidine rings is 1. The topological polar surface area (TPSA) is 49.4 Å². The van der Waals surface area contributed by atoms with Gasteiger partial charge in [-0.2, -0.15) is 0 Å². The summed E-state index contributed by atoms with van der Waals surface area (Å²) < 4.78 is 13.9. The average Bonchev–Trinajstić information content (AvgIpc) is 2.54.